The summed E-state index contributed by atoms with van der Waals surface area (Å²) in [5, 5.41) is 8.34. The number of nitrogens with zero attached hydrogens (tertiary/aromatic N) is 4. The zero-order valence-electron chi connectivity index (χ0n) is 19.1. The van der Waals surface area contributed by atoms with Gasteiger partial charge in [0.15, 0.2) is 0 Å². The van der Waals surface area contributed by atoms with E-state index in [2.05, 4.69) is 22.1 Å². The molecule has 3 aromatic rings. The number of H-pyrrole nitrogens is 1. The van der Waals surface area contributed by atoms with Crippen LogP contribution in [0.3, 0.4) is 0 Å². The Hall–Kier alpha value is -3.36. The van der Waals surface area contributed by atoms with E-state index in [1.54, 1.807) is 0 Å². The van der Waals surface area contributed by atoms with E-state index in [1.807, 2.05) is 43.0 Å². The van der Waals surface area contributed by atoms with Gasteiger partial charge in [-0.3, -0.25) is 14.3 Å². The molecule has 0 saturated heterocycles. The minimum atomic E-state index is -0.505. The van der Waals surface area contributed by atoms with Crippen LogP contribution in [0, 0.1) is 6.92 Å². The molecule has 3 N–H and O–H groups in total. The number of benzene rings is 1. The maximum atomic E-state index is 12.8. The highest BCUT2D eigenvalue weighted by molar-refractivity contribution is 5.62. The van der Waals surface area contributed by atoms with E-state index < -0.39 is 11.2 Å². The number of anilines is 2. The molecule has 0 atom stereocenters. The van der Waals surface area contributed by atoms with Crippen molar-refractivity contribution < 1.29 is 4.42 Å². The molecule has 0 aliphatic heterocycles. The number of aromatic nitrogens is 4. The number of nitrogens with two attached hydrogens (primary N) is 1. The van der Waals surface area contributed by atoms with E-state index in [1.165, 1.54) is 4.57 Å². The molecule has 172 valence electrons. The minimum Gasteiger partial charge on any atom is -0.419 e. The molecule has 0 aliphatic rings. The number of rotatable bonds is 11. The summed E-state index contributed by atoms with van der Waals surface area (Å²) < 4.78 is 7.31. The van der Waals surface area contributed by atoms with Gasteiger partial charge in [0.05, 0.1) is 6.54 Å². The first-order chi connectivity index (χ1) is 15.4. The highest BCUT2D eigenvalue weighted by atomic mass is 16.4. The van der Waals surface area contributed by atoms with Gasteiger partial charge in [0.2, 0.25) is 11.8 Å². The summed E-state index contributed by atoms with van der Waals surface area (Å²) in [5.74, 6) is 0.965. The summed E-state index contributed by atoms with van der Waals surface area (Å²) in [6.45, 7) is 7.41. The molecule has 0 saturated carbocycles. The van der Waals surface area contributed by atoms with Crippen LogP contribution in [0.1, 0.15) is 57.4 Å². The first-order valence-corrected chi connectivity index (χ1v) is 11.2. The summed E-state index contributed by atoms with van der Waals surface area (Å²) in [6, 6.07) is 7.82. The number of aryl methyl sites for hydroxylation is 1. The smallest absolute Gasteiger partial charge is 0.330 e. The first-order valence-electron chi connectivity index (χ1n) is 11.2. The molecule has 32 heavy (non-hydrogen) atoms. The fourth-order valence-electron chi connectivity index (χ4n) is 3.54. The standard InChI is InChI=1S/C23H32N6O3/c1-4-6-8-13-28(19-20(24)29(14-7-5-2)23(31)25-21(19)30)15-18-26-27-22(32-18)17-11-9-16(3)10-12-17/h9-12H,4-8,13-15,24H2,1-3H3,(H,25,30,31). The predicted octanol–water partition coefficient (Wildman–Crippen LogP) is 3.47. The van der Waals surface area contributed by atoms with Crippen molar-refractivity contribution in [2.75, 3.05) is 17.2 Å². The molecule has 2 heterocycles. The van der Waals surface area contributed by atoms with Gasteiger partial charge in [-0.15, -0.1) is 10.2 Å². The van der Waals surface area contributed by atoms with Crippen LogP contribution in [0.15, 0.2) is 38.3 Å². The molecule has 9 heteroatoms. The van der Waals surface area contributed by atoms with Gasteiger partial charge < -0.3 is 15.1 Å². The van der Waals surface area contributed by atoms with Gasteiger partial charge in [0.25, 0.3) is 5.56 Å². The topological polar surface area (TPSA) is 123 Å². The fourth-order valence-corrected chi connectivity index (χ4v) is 3.54. The average molecular weight is 441 g/mol. The Morgan fingerprint density at radius 2 is 1.78 bits per heavy atom. The van der Waals surface area contributed by atoms with Crippen molar-refractivity contribution >= 4 is 11.5 Å². The van der Waals surface area contributed by atoms with Crippen molar-refractivity contribution in [3.8, 4) is 11.5 Å². The molecular weight excluding hydrogens is 408 g/mol. The van der Waals surface area contributed by atoms with Crippen molar-refractivity contribution in [3.63, 3.8) is 0 Å². The zero-order chi connectivity index (χ0) is 23.1. The second kappa shape index (κ2) is 10.8. The molecule has 0 spiro atoms. The van der Waals surface area contributed by atoms with Crippen molar-refractivity contribution in [2.45, 2.75) is 66.0 Å². The molecule has 9 nitrogen and oxygen atoms in total. The van der Waals surface area contributed by atoms with E-state index in [0.29, 0.717) is 24.9 Å². The zero-order valence-corrected chi connectivity index (χ0v) is 19.1. The predicted molar refractivity (Wildman–Crippen MR) is 126 cm³/mol. The number of hydrogen-bond acceptors (Lipinski definition) is 7. The van der Waals surface area contributed by atoms with Crippen LogP contribution in [0.25, 0.3) is 11.5 Å². The van der Waals surface area contributed by atoms with Crippen LogP contribution in [0.2, 0.25) is 0 Å². The molecule has 2 aromatic heterocycles. The van der Waals surface area contributed by atoms with Crippen LogP contribution in [-0.2, 0) is 13.1 Å². The van der Waals surface area contributed by atoms with E-state index in [4.69, 9.17) is 10.2 Å². The van der Waals surface area contributed by atoms with Gasteiger partial charge >= 0.3 is 5.69 Å². The minimum absolute atomic E-state index is 0.168. The van der Waals surface area contributed by atoms with Crippen LogP contribution < -0.4 is 21.9 Å². The molecule has 0 unspecified atom stereocenters. The molecule has 0 amide bonds. The molecular formula is C23H32N6O3. The van der Waals surface area contributed by atoms with Gasteiger partial charge in [-0.05, 0) is 31.9 Å². The maximum absolute atomic E-state index is 12.8. The highest BCUT2D eigenvalue weighted by Gasteiger charge is 2.21. The third kappa shape index (κ3) is 5.46. The van der Waals surface area contributed by atoms with Gasteiger partial charge in [-0.25, -0.2) is 4.79 Å². The molecule has 0 aliphatic carbocycles. The monoisotopic (exact) mass is 440 g/mol. The SMILES string of the molecule is CCCCCN(Cc1nnc(-c2ccc(C)cc2)o1)c1c(N)n(CCCC)c(=O)[nH]c1=O. The van der Waals surface area contributed by atoms with E-state index >= 15 is 0 Å². The Morgan fingerprint density at radius 1 is 1.06 bits per heavy atom. The summed E-state index contributed by atoms with van der Waals surface area (Å²) in [6.07, 6.45) is 4.60. The third-order valence-corrected chi connectivity index (χ3v) is 5.39. The molecule has 0 bridgehead atoms. The second-order valence-corrected chi connectivity index (χ2v) is 7.99. The Kier molecular flexibility index (Phi) is 7.86. The molecule has 3 rings (SSSR count). The number of nitrogen functional groups attached to an aromatic ring is 1. The van der Waals surface area contributed by atoms with Gasteiger partial charge in [-0.1, -0.05) is 50.8 Å². The Morgan fingerprint density at radius 3 is 2.47 bits per heavy atom. The van der Waals surface area contributed by atoms with E-state index in [9.17, 15) is 9.59 Å². The number of nitrogens with one attached hydrogen (secondary N) is 1. The molecule has 1 aromatic carbocycles. The number of hydrogen-bond donors (Lipinski definition) is 2. The van der Waals surface area contributed by atoms with Crippen molar-refractivity contribution in [1.82, 2.24) is 19.7 Å². The van der Waals surface area contributed by atoms with Crippen molar-refractivity contribution in [3.05, 3.63) is 56.6 Å². The lowest BCUT2D eigenvalue weighted by Crippen LogP contribution is -2.38. The quantitative estimate of drug-likeness (QED) is 0.438. The Balaban J connectivity index is 1.93. The lowest BCUT2D eigenvalue weighted by molar-refractivity contribution is 0.493. The van der Waals surface area contributed by atoms with Crippen LogP contribution >= 0.6 is 0 Å². The Labute approximate surface area is 187 Å². The van der Waals surface area contributed by atoms with Crippen molar-refractivity contribution in [2.24, 2.45) is 0 Å². The number of aromatic amines is 1. The molecule has 0 fully saturated rings. The van der Waals surface area contributed by atoms with E-state index in [0.717, 1.165) is 43.2 Å². The first kappa shape index (κ1) is 23.3. The van der Waals surface area contributed by atoms with Gasteiger partial charge in [-0.2, -0.15) is 0 Å². The third-order valence-electron chi connectivity index (χ3n) is 5.39. The largest absolute Gasteiger partial charge is 0.419 e. The maximum Gasteiger partial charge on any atom is 0.330 e. The van der Waals surface area contributed by atoms with E-state index in [-0.39, 0.29) is 18.1 Å². The van der Waals surface area contributed by atoms with Gasteiger partial charge in [0.1, 0.15) is 11.5 Å². The fraction of sp³-hybridized carbons (Fsp3) is 0.478. The average Bonchev–Trinajstić information content (AvgIpc) is 3.22. The van der Waals surface area contributed by atoms with Crippen LogP contribution in [-0.4, -0.2) is 26.3 Å². The Bertz CT molecular complexity index is 1130. The van der Waals surface area contributed by atoms with Crippen LogP contribution in [0.5, 0.6) is 0 Å². The molecule has 0 radical (unpaired) electrons. The second-order valence-electron chi connectivity index (χ2n) is 7.99. The summed E-state index contributed by atoms with van der Waals surface area (Å²) in [5.41, 5.74) is 7.58. The van der Waals surface area contributed by atoms with Crippen LogP contribution in [0.4, 0.5) is 11.5 Å². The normalized spacial score (nSPS) is 11.1. The van der Waals surface area contributed by atoms with Crippen molar-refractivity contribution in [1.29, 1.82) is 0 Å². The summed E-state index contributed by atoms with van der Waals surface area (Å²) in [4.78, 5) is 29.3. The number of unbranched alkanes of at least 4 members (excludes halogenated alkanes) is 3. The van der Waals surface area contributed by atoms with Gasteiger partial charge in [0, 0.05) is 18.7 Å². The summed E-state index contributed by atoms with van der Waals surface area (Å²) >= 11 is 0. The highest BCUT2D eigenvalue weighted by Crippen LogP contribution is 2.23. The lowest BCUT2D eigenvalue weighted by atomic mass is 10.1. The summed E-state index contributed by atoms with van der Waals surface area (Å²) in [7, 11) is 0. The lowest BCUT2D eigenvalue weighted by Gasteiger charge is -2.24.